The second-order valence-electron chi connectivity index (χ2n) is 10.4. The molecule has 200 valence electrons. The molecule has 37 heavy (non-hydrogen) atoms. The van der Waals surface area contributed by atoms with Gasteiger partial charge >= 0.3 is 0 Å². The van der Waals surface area contributed by atoms with Gasteiger partial charge in [-0.05, 0) is 62.1 Å². The van der Waals surface area contributed by atoms with E-state index in [1.165, 1.54) is 42.4 Å². The number of unbranched alkanes of at least 4 members (excludes halogenated alkanes) is 6. The highest BCUT2D eigenvalue weighted by atomic mass is 19.1. The third kappa shape index (κ3) is 7.73. The number of carbonyl (C=O) groups is 1. The summed E-state index contributed by atoms with van der Waals surface area (Å²) in [5, 5.41) is 0.492. The maximum atomic E-state index is 13.7. The molecule has 0 N–H and O–H groups in total. The summed E-state index contributed by atoms with van der Waals surface area (Å²) in [5.74, 6) is 0.648. The molecule has 1 amide bonds. The second kappa shape index (κ2) is 14.1. The fourth-order valence-corrected chi connectivity index (χ4v) is 4.72. The average molecular weight is 508 g/mol. The summed E-state index contributed by atoms with van der Waals surface area (Å²) >= 11 is 0. The highest BCUT2D eigenvalue weighted by Crippen LogP contribution is 2.25. The van der Waals surface area contributed by atoms with Crippen LogP contribution in [0.1, 0.15) is 97.3 Å². The summed E-state index contributed by atoms with van der Waals surface area (Å²) in [6, 6.07) is 12.7. The first kappa shape index (κ1) is 28.5. The van der Waals surface area contributed by atoms with Crippen molar-refractivity contribution in [1.29, 1.82) is 0 Å². The van der Waals surface area contributed by atoms with Crippen LogP contribution in [0.2, 0.25) is 0 Å². The topological polar surface area (TPSA) is 55.2 Å². The Hall–Kier alpha value is -3.02. The quantitative estimate of drug-likeness (QED) is 0.211. The van der Waals surface area contributed by atoms with Gasteiger partial charge in [-0.25, -0.2) is 9.37 Å². The van der Waals surface area contributed by atoms with E-state index in [-0.39, 0.29) is 17.3 Å². The van der Waals surface area contributed by atoms with Crippen molar-refractivity contribution >= 4 is 16.8 Å². The molecular weight excluding hydrogens is 465 g/mol. The predicted octanol–water partition coefficient (Wildman–Crippen LogP) is 7.60. The first-order chi connectivity index (χ1) is 17.8. The minimum Gasteiger partial charge on any atom is -0.333 e. The normalized spacial score (nSPS) is 12.3. The van der Waals surface area contributed by atoms with E-state index in [0.717, 1.165) is 25.7 Å². The zero-order valence-electron chi connectivity index (χ0n) is 22.9. The molecule has 0 aliphatic heterocycles. The van der Waals surface area contributed by atoms with Crippen LogP contribution in [0.15, 0.2) is 53.3 Å². The maximum absolute atomic E-state index is 13.7. The summed E-state index contributed by atoms with van der Waals surface area (Å²) in [6.07, 6.45) is 9.41. The van der Waals surface area contributed by atoms with E-state index in [1.54, 1.807) is 18.2 Å². The van der Waals surface area contributed by atoms with Gasteiger partial charge in [0.15, 0.2) is 0 Å². The van der Waals surface area contributed by atoms with E-state index >= 15 is 0 Å². The number of halogens is 1. The molecule has 0 aliphatic carbocycles. The van der Waals surface area contributed by atoms with Gasteiger partial charge in [0.2, 0.25) is 5.91 Å². The molecule has 6 heteroatoms. The van der Waals surface area contributed by atoms with Crippen molar-refractivity contribution in [1.82, 2.24) is 14.5 Å². The summed E-state index contributed by atoms with van der Waals surface area (Å²) < 4.78 is 15.2. The molecule has 0 fully saturated rings. The molecule has 1 aromatic heterocycles. The zero-order chi connectivity index (χ0) is 26.8. The minimum atomic E-state index is -0.418. The van der Waals surface area contributed by atoms with Crippen molar-refractivity contribution in [3.05, 3.63) is 70.5 Å². The fourth-order valence-electron chi connectivity index (χ4n) is 4.72. The van der Waals surface area contributed by atoms with Gasteiger partial charge in [-0.3, -0.25) is 14.2 Å². The minimum absolute atomic E-state index is 0.0924. The monoisotopic (exact) mass is 507 g/mol. The summed E-state index contributed by atoms with van der Waals surface area (Å²) in [6.45, 7) is 9.05. The van der Waals surface area contributed by atoms with Gasteiger partial charge in [-0.1, -0.05) is 71.4 Å². The molecule has 0 saturated heterocycles. The van der Waals surface area contributed by atoms with Crippen molar-refractivity contribution in [3.8, 4) is 5.69 Å². The van der Waals surface area contributed by atoms with Crippen molar-refractivity contribution < 1.29 is 9.18 Å². The first-order valence-electron chi connectivity index (χ1n) is 13.9. The molecule has 1 atom stereocenters. The van der Waals surface area contributed by atoms with Crippen LogP contribution in [0.25, 0.3) is 16.6 Å². The lowest BCUT2D eigenvalue weighted by molar-refractivity contribution is -0.133. The molecule has 0 spiro atoms. The van der Waals surface area contributed by atoms with Crippen molar-refractivity contribution in [2.45, 2.75) is 91.5 Å². The third-order valence-electron chi connectivity index (χ3n) is 6.99. The Bertz CT molecular complexity index is 1200. The van der Waals surface area contributed by atoms with Crippen molar-refractivity contribution in [3.63, 3.8) is 0 Å². The van der Waals surface area contributed by atoms with Crippen LogP contribution >= 0.6 is 0 Å². The summed E-state index contributed by atoms with van der Waals surface area (Å²) in [4.78, 5) is 33.9. The Balaban J connectivity index is 1.93. The number of para-hydroxylation sites is 1. The average Bonchev–Trinajstić information content (AvgIpc) is 2.88. The number of nitrogens with zero attached hydrogens (tertiary/aromatic N) is 3. The molecule has 0 aliphatic rings. The van der Waals surface area contributed by atoms with E-state index in [2.05, 4.69) is 20.8 Å². The van der Waals surface area contributed by atoms with Gasteiger partial charge in [0, 0.05) is 13.0 Å². The highest BCUT2D eigenvalue weighted by molar-refractivity contribution is 5.79. The van der Waals surface area contributed by atoms with Crippen molar-refractivity contribution in [2.75, 3.05) is 6.54 Å². The molecule has 0 saturated carbocycles. The van der Waals surface area contributed by atoms with E-state index < -0.39 is 6.04 Å². The molecule has 3 aromatic rings. The van der Waals surface area contributed by atoms with Crippen molar-refractivity contribution in [2.24, 2.45) is 5.92 Å². The van der Waals surface area contributed by atoms with E-state index in [0.29, 0.717) is 41.3 Å². The number of rotatable bonds is 14. The highest BCUT2D eigenvalue weighted by Gasteiger charge is 2.26. The van der Waals surface area contributed by atoms with Gasteiger partial charge in [0.05, 0.1) is 22.6 Å². The maximum Gasteiger partial charge on any atom is 0.266 e. The molecule has 0 bridgehead atoms. The first-order valence-corrected chi connectivity index (χ1v) is 13.9. The number of hydrogen-bond donors (Lipinski definition) is 0. The van der Waals surface area contributed by atoms with E-state index in [9.17, 15) is 14.0 Å². The Kier molecular flexibility index (Phi) is 10.8. The predicted molar refractivity (Wildman–Crippen MR) is 149 cm³/mol. The number of fused-ring (bicyclic) bond motifs is 1. The van der Waals surface area contributed by atoms with Crippen LogP contribution in [0.3, 0.4) is 0 Å². The number of aromatic nitrogens is 2. The van der Waals surface area contributed by atoms with Crippen LogP contribution in [-0.4, -0.2) is 26.9 Å². The van der Waals surface area contributed by atoms with Crippen LogP contribution in [0.5, 0.6) is 0 Å². The smallest absolute Gasteiger partial charge is 0.266 e. The van der Waals surface area contributed by atoms with Crippen LogP contribution in [-0.2, 0) is 4.79 Å². The number of carbonyl (C=O) groups excluding carboxylic acids is 1. The van der Waals surface area contributed by atoms with E-state index in [1.807, 2.05) is 30.0 Å². The SMILES string of the molecule is CCCCCCCCCC(=O)N(CCC(C)C)C(C)c1nc2ccccc2c(=O)n1-c1ccc(F)cc1. The summed E-state index contributed by atoms with van der Waals surface area (Å²) in [7, 11) is 0. The second-order valence-corrected chi connectivity index (χ2v) is 10.4. The van der Waals surface area contributed by atoms with Crippen LogP contribution in [0, 0.1) is 11.7 Å². The van der Waals surface area contributed by atoms with E-state index in [4.69, 9.17) is 4.98 Å². The van der Waals surface area contributed by atoms with Gasteiger partial charge < -0.3 is 4.90 Å². The largest absolute Gasteiger partial charge is 0.333 e. The lowest BCUT2D eigenvalue weighted by Gasteiger charge is -2.31. The molecule has 2 aromatic carbocycles. The lowest BCUT2D eigenvalue weighted by atomic mass is 10.1. The third-order valence-corrected chi connectivity index (χ3v) is 6.99. The molecular formula is C31H42FN3O2. The fraction of sp³-hybridized carbons (Fsp3) is 0.516. The molecule has 3 rings (SSSR count). The molecule has 0 radical (unpaired) electrons. The standard InChI is InChI=1S/C31H42FN3O2/c1-5-6-7-8-9-10-11-16-29(36)34(22-21-23(2)3)24(4)30-33-28-15-13-12-14-27(28)31(37)35(30)26-19-17-25(32)18-20-26/h12-15,17-20,23-24H,5-11,16,21-22H2,1-4H3. The van der Waals surface area contributed by atoms with Crippen LogP contribution < -0.4 is 5.56 Å². The van der Waals surface area contributed by atoms with Gasteiger partial charge in [0.1, 0.15) is 11.6 Å². The Morgan fingerprint density at radius 2 is 1.59 bits per heavy atom. The molecule has 1 unspecified atom stereocenters. The molecule has 1 heterocycles. The molecule has 5 nitrogen and oxygen atoms in total. The van der Waals surface area contributed by atoms with Gasteiger partial charge in [0.25, 0.3) is 5.56 Å². The number of hydrogen-bond acceptors (Lipinski definition) is 3. The Labute approximate surface area is 220 Å². The lowest BCUT2D eigenvalue weighted by Crippen LogP contribution is -2.38. The Morgan fingerprint density at radius 3 is 2.27 bits per heavy atom. The zero-order valence-corrected chi connectivity index (χ0v) is 22.9. The van der Waals surface area contributed by atoms with Crippen LogP contribution in [0.4, 0.5) is 4.39 Å². The van der Waals surface area contributed by atoms with Gasteiger partial charge in [-0.15, -0.1) is 0 Å². The van der Waals surface area contributed by atoms with Gasteiger partial charge in [-0.2, -0.15) is 0 Å². The number of amides is 1. The Morgan fingerprint density at radius 1 is 0.946 bits per heavy atom. The number of benzene rings is 2. The summed E-state index contributed by atoms with van der Waals surface area (Å²) in [5.41, 5.74) is 0.910.